The van der Waals surface area contributed by atoms with Crippen LogP contribution in [0.1, 0.15) is 13.3 Å². The van der Waals surface area contributed by atoms with E-state index in [1.165, 1.54) is 0 Å². The molecule has 0 aliphatic carbocycles. The fourth-order valence-electron chi connectivity index (χ4n) is 1.92. The summed E-state index contributed by atoms with van der Waals surface area (Å²) < 4.78 is 10.7. The van der Waals surface area contributed by atoms with Crippen LogP contribution in [0.4, 0.5) is 0 Å². The highest BCUT2D eigenvalue weighted by atomic mass is 16.7. The molecule has 0 rings (SSSR count). The highest BCUT2D eigenvalue weighted by molar-refractivity contribution is 4.89. The van der Waals surface area contributed by atoms with Crippen LogP contribution in [0.2, 0.25) is 0 Å². The Morgan fingerprint density at radius 3 is 2.00 bits per heavy atom. The molecule has 5 nitrogen and oxygen atoms in total. The number of nitrogens with zero attached hydrogens (tertiary/aromatic N) is 2. The van der Waals surface area contributed by atoms with E-state index in [0.717, 1.165) is 19.5 Å². The predicted molar refractivity (Wildman–Crippen MR) is 71.1 cm³/mol. The van der Waals surface area contributed by atoms with Gasteiger partial charge in [0.1, 0.15) is 0 Å². The van der Waals surface area contributed by atoms with Crippen LogP contribution < -0.4 is 5.73 Å². The molecule has 1 atom stereocenters. The van der Waals surface area contributed by atoms with Gasteiger partial charge in [-0.2, -0.15) is 0 Å². The summed E-state index contributed by atoms with van der Waals surface area (Å²) in [6, 6.07) is 0. The second kappa shape index (κ2) is 8.00. The Morgan fingerprint density at radius 1 is 1.12 bits per heavy atom. The van der Waals surface area contributed by atoms with Crippen molar-refractivity contribution in [1.29, 1.82) is 0 Å². The van der Waals surface area contributed by atoms with Crippen molar-refractivity contribution in [3.63, 3.8) is 0 Å². The van der Waals surface area contributed by atoms with Crippen molar-refractivity contribution in [3.05, 3.63) is 0 Å². The van der Waals surface area contributed by atoms with Gasteiger partial charge >= 0.3 is 0 Å². The van der Waals surface area contributed by atoms with Crippen molar-refractivity contribution < 1.29 is 9.47 Å². The van der Waals surface area contributed by atoms with E-state index in [-0.39, 0.29) is 11.8 Å². The van der Waals surface area contributed by atoms with Crippen LogP contribution in [-0.4, -0.2) is 76.6 Å². The van der Waals surface area contributed by atoms with E-state index in [1.807, 2.05) is 0 Å². The van der Waals surface area contributed by atoms with E-state index < -0.39 is 0 Å². The summed E-state index contributed by atoms with van der Waals surface area (Å²) >= 11 is 0. The lowest BCUT2D eigenvalue weighted by Gasteiger charge is -2.42. The van der Waals surface area contributed by atoms with Crippen LogP contribution in [0.15, 0.2) is 0 Å². The molecule has 17 heavy (non-hydrogen) atoms. The molecule has 5 heteroatoms. The van der Waals surface area contributed by atoms with E-state index in [1.54, 1.807) is 14.2 Å². The zero-order valence-electron chi connectivity index (χ0n) is 12.2. The van der Waals surface area contributed by atoms with Crippen LogP contribution in [0.3, 0.4) is 0 Å². The van der Waals surface area contributed by atoms with Gasteiger partial charge in [0, 0.05) is 20.8 Å². The fraction of sp³-hybridized carbons (Fsp3) is 1.00. The number of ether oxygens (including phenoxy) is 2. The summed E-state index contributed by atoms with van der Waals surface area (Å²) in [5.41, 5.74) is 5.58. The molecule has 0 fully saturated rings. The topological polar surface area (TPSA) is 51.0 Å². The van der Waals surface area contributed by atoms with Crippen molar-refractivity contribution >= 4 is 0 Å². The Balaban J connectivity index is 4.40. The lowest BCUT2D eigenvalue weighted by atomic mass is 9.99. The van der Waals surface area contributed by atoms with Crippen molar-refractivity contribution in [2.24, 2.45) is 5.73 Å². The van der Waals surface area contributed by atoms with Crippen LogP contribution in [0, 0.1) is 0 Å². The first-order chi connectivity index (χ1) is 7.92. The van der Waals surface area contributed by atoms with Gasteiger partial charge in [0.25, 0.3) is 0 Å². The lowest BCUT2D eigenvalue weighted by Crippen LogP contribution is -2.59. The fourth-order valence-corrected chi connectivity index (χ4v) is 1.92. The Bertz CT molecular complexity index is 198. The largest absolute Gasteiger partial charge is 0.354 e. The van der Waals surface area contributed by atoms with Crippen molar-refractivity contribution in [2.45, 2.75) is 25.2 Å². The summed E-state index contributed by atoms with van der Waals surface area (Å²) in [5, 5.41) is 0. The Hall–Kier alpha value is -0.200. The third kappa shape index (κ3) is 4.89. The van der Waals surface area contributed by atoms with Crippen molar-refractivity contribution in [3.8, 4) is 0 Å². The Labute approximate surface area is 106 Å². The second-order valence-electron chi connectivity index (χ2n) is 4.94. The summed E-state index contributed by atoms with van der Waals surface area (Å²) in [5.74, 6) is 0. The smallest absolute Gasteiger partial charge is 0.176 e. The van der Waals surface area contributed by atoms with E-state index >= 15 is 0 Å². The maximum atomic E-state index is 5.88. The molecule has 0 amide bonds. The molecular formula is C12H29N3O2. The number of likely N-dealkylation sites (N-methyl/N-ethyl adjacent to an activating group) is 1. The monoisotopic (exact) mass is 247 g/mol. The van der Waals surface area contributed by atoms with Crippen LogP contribution >= 0.6 is 0 Å². The Morgan fingerprint density at radius 2 is 1.65 bits per heavy atom. The molecule has 0 bridgehead atoms. The molecule has 0 aromatic heterocycles. The maximum absolute atomic E-state index is 5.88. The van der Waals surface area contributed by atoms with Crippen molar-refractivity contribution in [1.82, 2.24) is 9.80 Å². The van der Waals surface area contributed by atoms with Crippen LogP contribution in [-0.2, 0) is 9.47 Å². The van der Waals surface area contributed by atoms with Gasteiger partial charge in [-0.1, -0.05) is 0 Å². The lowest BCUT2D eigenvalue weighted by molar-refractivity contribution is -0.177. The summed E-state index contributed by atoms with van der Waals surface area (Å²) in [4.78, 5) is 4.39. The third-order valence-electron chi connectivity index (χ3n) is 3.32. The number of nitrogens with two attached hydrogens (primary N) is 1. The van der Waals surface area contributed by atoms with Crippen LogP contribution in [0.25, 0.3) is 0 Å². The molecule has 104 valence electrons. The van der Waals surface area contributed by atoms with Gasteiger partial charge in [0.15, 0.2) is 6.29 Å². The molecule has 1 unspecified atom stereocenters. The normalized spacial score (nSPS) is 15.9. The quantitative estimate of drug-likeness (QED) is 0.590. The first-order valence-electron chi connectivity index (χ1n) is 6.04. The average Bonchev–Trinajstić information content (AvgIpc) is 2.29. The second-order valence-corrected chi connectivity index (χ2v) is 4.94. The highest BCUT2D eigenvalue weighted by Crippen LogP contribution is 2.20. The predicted octanol–water partition coefficient (Wildman–Crippen LogP) is 0.206. The molecule has 0 aliphatic heterocycles. The third-order valence-corrected chi connectivity index (χ3v) is 3.32. The molecule has 0 radical (unpaired) electrons. The molecule has 0 aromatic rings. The van der Waals surface area contributed by atoms with Crippen LogP contribution in [0.5, 0.6) is 0 Å². The number of methoxy groups -OCH3 is 2. The molecule has 0 aliphatic rings. The van der Waals surface area contributed by atoms with E-state index in [2.05, 4.69) is 37.9 Å². The van der Waals surface area contributed by atoms with E-state index in [0.29, 0.717) is 6.54 Å². The highest BCUT2D eigenvalue weighted by Gasteiger charge is 2.37. The minimum Gasteiger partial charge on any atom is -0.354 e. The van der Waals surface area contributed by atoms with Gasteiger partial charge in [0.05, 0.1) is 5.54 Å². The van der Waals surface area contributed by atoms with Gasteiger partial charge in [-0.15, -0.1) is 0 Å². The first-order valence-corrected chi connectivity index (χ1v) is 6.04. The summed E-state index contributed by atoms with van der Waals surface area (Å²) in [6.07, 6.45) is 0.788. The standard InChI is InChI=1S/C12H29N3O2/c1-12(10-13,11(16-5)17-6)15(4)9-7-8-14(2)3/h11H,7-10,13H2,1-6H3. The minimum atomic E-state index is -0.308. The molecule has 0 saturated heterocycles. The van der Waals surface area contributed by atoms with E-state index in [9.17, 15) is 0 Å². The molecule has 2 N–H and O–H groups in total. The zero-order chi connectivity index (χ0) is 13.5. The number of hydrogen-bond acceptors (Lipinski definition) is 5. The molecular weight excluding hydrogens is 218 g/mol. The zero-order valence-corrected chi connectivity index (χ0v) is 12.2. The maximum Gasteiger partial charge on any atom is 0.176 e. The molecule has 0 spiro atoms. The number of rotatable bonds is 9. The van der Waals surface area contributed by atoms with Gasteiger partial charge in [0.2, 0.25) is 0 Å². The minimum absolute atomic E-state index is 0.296. The number of hydrogen-bond donors (Lipinski definition) is 1. The summed E-state index contributed by atoms with van der Waals surface area (Å²) in [6.45, 7) is 4.60. The molecule has 0 saturated carbocycles. The molecule has 0 heterocycles. The van der Waals surface area contributed by atoms with E-state index in [4.69, 9.17) is 15.2 Å². The first kappa shape index (κ1) is 16.8. The van der Waals surface area contributed by atoms with Gasteiger partial charge in [-0.3, -0.25) is 4.90 Å². The van der Waals surface area contributed by atoms with Crippen molar-refractivity contribution in [2.75, 3.05) is 55.0 Å². The molecule has 0 aromatic carbocycles. The Kier molecular flexibility index (Phi) is 7.91. The van der Waals surface area contributed by atoms with Gasteiger partial charge in [-0.05, 0) is 47.6 Å². The average molecular weight is 247 g/mol. The SMILES string of the molecule is COC(OC)C(C)(CN)N(C)CCCN(C)C. The van der Waals surface area contributed by atoms with Gasteiger partial charge in [-0.25, -0.2) is 0 Å². The van der Waals surface area contributed by atoms with Gasteiger partial charge < -0.3 is 20.1 Å². The summed E-state index contributed by atoms with van der Waals surface area (Å²) in [7, 11) is 9.52.